The van der Waals surface area contributed by atoms with Crippen LogP contribution in [0, 0.1) is 6.92 Å². The van der Waals surface area contributed by atoms with Gasteiger partial charge in [0.15, 0.2) is 5.69 Å². The number of alkyl halides is 3. The highest BCUT2D eigenvalue weighted by atomic mass is 35.5. The van der Waals surface area contributed by atoms with Crippen LogP contribution in [0.4, 0.5) is 13.2 Å². The molecule has 0 aliphatic heterocycles. The summed E-state index contributed by atoms with van der Waals surface area (Å²) in [5, 5.41) is 4.10. The average molecular weight is 333 g/mol. The van der Waals surface area contributed by atoms with Crippen LogP contribution in [0.2, 0.25) is 5.02 Å². The Morgan fingerprint density at radius 3 is 2.64 bits per heavy atom. The number of esters is 1. The molecule has 2 rings (SSSR count). The van der Waals surface area contributed by atoms with Crippen LogP contribution in [-0.2, 0) is 10.9 Å². The summed E-state index contributed by atoms with van der Waals surface area (Å²) in [5.41, 5.74) is -1.11. The van der Waals surface area contributed by atoms with E-state index in [2.05, 4.69) is 9.84 Å². The molecule has 0 fully saturated rings. The molecule has 0 saturated heterocycles. The Hall–Kier alpha value is -2.02. The first-order valence-corrected chi connectivity index (χ1v) is 6.72. The number of halogens is 4. The third-order valence-corrected chi connectivity index (χ3v) is 3.16. The number of aryl methyl sites for hydroxylation is 1. The minimum atomic E-state index is -4.76. The lowest BCUT2D eigenvalue weighted by atomic mass is 10.2. The number of carbonyl (C=O) groups is 1. The number of hydrogen-bond acceptors (Lipinski definition) is 3. The molecule has 0 N–H and O–H groups in total. The summed E-state index contributed by atoms with van der Waals surface area (Å²) >= 11 is 5.80. The van der Waals surface area contributed by atoms with Gasteiger partial charge in [0, 0.05) is 5.02 Å². The molecule has 22 heavy (non-hydrogen) atoms. The molecule has 1 aromatic carbocycles. The largest absolute Gasteiger partial charge is 0.462 e. The third kappa shape index (κ3) is 3.09. The molecule has 0 aliphatic rings. The van der Waals surface area contributed by atoms with E-state index in [1.54, 1.807) is 6.92 Å². The summed E-state index contributed by atoms with van der Waals surface area (Å²) in [6, 6.07) is 4.38. The predicted molar refractivity (Wildman–Crippen MR) is 74.3 cm³/mol. The van der Waals surface area contributed by atoms with E-state index < -0.39 is 23.4 Å². The Balaban J connectivity index is 2.64. The SMILES string of the molecule is CCOC(=O)c1cnn(-c2ccc(Cl)cc2C)c1C(F)(F)F. The van der Waals surface area contributed by atoms with Crippen molar-refractivity contribution in [3.63, 3.8) is 0 Å². The fourth-order valence-corrected chi connectivity index (χ4v) is 2.25. The van der Waals surface area contributed by atoms with E-state index in [9.17, 15) is 18.0 Å². The Morgan fingerprint density at radius 2 is 2.09 bits per heavy atom. The third-order valence-electron chi connectivity index (χ3n) is 2.92. The first-order valence-electron chi connectivity index (χ1n) is 6.34. The Labute approximate surface area is 129 Å². The second kappa shape index (κ2) is 6.00. The van der Waals surface area contributed by atoms with Crippen molar-refractivity contribution in [3.8, 4) is 5.69 Å². The summed E-state index contributed by atoms with van der Waals surface area (Å²) in [6.07, 6.45) is -3.90. The number of hydrogen-bond donors (Lipinski definition) is 0. The van der Waals surface area contributed by atoms with E-state index in [4.69, 9.17) is 11.6 Å². The van der Waals surface area contributed by atoms with Gasteiger partial charge in [-0.3, -0.25) is 0 Å². The fourth-order valence-electron chi connectivity index (χ4n) is 2.02. The van der Waals surface area contributed by atoms with Gasteiger partial charge >= 0.3 is 12.1 Å². The Morgan fingerprint density at radius 1 is 1.41 bits per heavy atom. The van der Waals surface area contributed by atoms with Gasteiger partial charge in [0.05, 0.1) is 18.5 Å². The van der Waals surface area contributed by atoms with Crippen molar-refractivity contribution in [2.24, 2.45) is 0 Å². The van der Waals surface area contributed by atoms with Crippen molar-refractivity contribution in [2.45, 2.75) is 20.0 Å². The smallest absolute Gasteiger partial charge is 0.434 e. The number of ether oxygens (including phenoxy) is 1. The van der Waals surface area contributed by atoms with Gasteiger partial charge in [-0.05, 0) is 37.6 Å². The normalized spacial score (nSPS) is 11.5. The van der Waals surface area contributed by atoms with Crippen LogP contribution in [0.25, 0.3) is 5.69 Å². The number of nitrogens with zero attached hydrogens (tertiary/aromatic N) is 2. The summed E-state index contributed by atoms with van der Waals surface area (Å²) in [6.45, 7) is 3.09. The molecule has 0 spiro atoms. The summed E-state index contributed by atoms with van der Waals surface area (Å²) in [5.74, 6) is -1.06. The first-order chi connectivity index (χ1) is 10.3. The maximum absolute atomic E-state index is 13.3. The average Bonchev–Trinajstić information content (AvgIpc) is 2.83. The van der Waals surface area contributed by atoms with E-state index in [1.807, 2.05) is 0 Å². The fraction of sp³-hybridized carbons (Fsp3) is 0.286. The van der Waals surface area contributed by atoms with Crippen LogP contribution >= 0.6 is 11.6 Å². The quantitative estimate of drug-likeness (QED) is 0.797. The molecule has 0 saturated carbocycles. The van der Waals surface area contributed by atoms with Crippen LogP contribution in [0.15, 0.2) is 24.4 Å². The topological polar surface area (TPSA) is 44.1 Å². The molecular weight excluding hydrogens is 321 g/mol. The van der Waals surface area contributed by atoms with Gasteiger partial charge < -0.3 is 4.74 Å². The van der Waals surface area contributed by atoms with Gasteiger partial charge in [-0.2, -0.15) is 18.3 Å². The predicted octanol–water partition coefficient (Wildman–Crippen LogP) is 4.03. The number of carbonyl (C=O) groups excluding carboxylic acids is 1. The van der Waals surface area contributed by atoms with Crippen molar-refractivity contribution in [3.05, 3.63) is 46.2 Å². The van der Waals surface area contributed by atoms with Gasteiger partial charge in [-0.15, -0.1) is 0 Å². The van der Waals surface area contributed by atoms with Gasteiger partial charge in [0.2, 0.25) is 0 Å². The molecule has 8 heteroatoms. The van der Waals surface area contributed by atoms with E-state index in [0.717, 1.165) is 6.20 Å². The first kappa shape index (κ1) is 16.4. The standard InChI is InChI=1S/C14H12ClF3N2O2/c1-3-22-13(21)10-7-19-20(12(10)14(16,17)18)11-5-4-9(15)6-8(11)2/h4-7H,3H2,1-2H3. The van der Waals surface area contributed by atoms with Crippen molar-refractivity contribution >= 4 is 17.6 Å². The van der Waals surface area contributed by atoms with Crippen LogP contribution < -0.4 is 0 Å². The molecule has 1 aromatic heterocycles. The molecule has 2 aromatic rings. The molecule has 0 amide bonds. The van der Waals surface area contributed by atoms with Gasteiger partial charge in [0.1, 0.15) is 5.56 Å². The lowest BCUT2D eigenvalue weighted by Crippen LogP contribution is -2.19. The molecule has 118 valence electrons. The highest BCUT2D eigenvalue weighted by molar-refractivity contribution is 6.30. The molecule has 1 heterocycles. The minimum absolute atomic E-state index is 0.0265. The highest BCUT2D eigenvalue weighted by Crippen LogP contribution is 2.34. The maximum Gasteiger partial charge on any atom is 0.434 e. The summed E-state index contributed by atoms with van der Waals surface area (Å²) in [7, 11) is 0. The molecule has 4 nitrogen and oxygen atoms in total. The number of benzene rings is 1. The Kier molecular flexibility index (Phi) is 4.46. The second-order valence-corrected chi connectivity index (χ2v) is 4.90. The van der Waals surface area contributed by atoms with Crippen molar-refractivity contribution in [2.75, 3.05) is 6.61 Å². The van der Waals surface area contributed by atoms with E-state index in [0.29, 0.717) is 15.3 Å². The number of aromatic nitrogens is 2. The van der Waals surface area contributed by atoms with E-state index in [-0.39, 0.29) is 12.3 Å². The van der Waals surface area contributed by atoms with Crippen molar-refractivity contribution in [1.82, 2.24) is 9.78 Å². The molecule has 0 atom stereocenters. The zero-order valence-corrected chi connectivity index (χ0v) is 12.5. The molecule has 0 aliphatic carbocycles. The zero-order chi connectivity index (χ0) is 16.5. The molecular formula is C14H12ClF3N2O2. The summed E-state index contributed by atoms with van der Waals surface area (Å²) in [4.78, 5) is 11.7. The Bertz CT molecular complexity index is 711. The van der Waals surface area contributed by atoms with Crippen LogP contribution in [-0.4, -0.2) is 22.4 Å². The lowest BCUT2D eigenvalue weighted by molar-refractivity contribution is -0.143. The monoisotopic (exact) mass is 332 g/mol. The second-order valence-electron chi connectivity index (χ2n) is 4.47. The molecule has 0 bridgehead atoms. The van der Waals surface area contributed by atoms with Crippen LogP contribution in [0.5, 0.6) is 0 Å². The molecule has 0 unspecified atom stereocenters. The van der Waals surface area contributed by atoms with Crippen molar-refractivity contribution in [1.29, 1.82) is 0 Å². The van der Waals surface area contributed by atoms with Gasteiger partial charge in [-0.25, -0.2) is 9.48 Å². The summed E-state index contributed by atoms with van der Waals surface area (Å²) < 4.78 is 45.4. The van der Waals surface area contributed by atoms with Crippen LogP contribution in [0.3, 0.4) is 0 Å². The number of rotatable bonds is 3. The zero-order valence-electron chi connectivity index (χ0n) is 11.7. The van der Waals surface area contributed by atoms with Gasteiger partial charge in [-0.1, -0.05) is 11.6 Å². The van der Waals surface area contributed by atoms with E-state index in [1.165, 1.54) is 25.1 Å². The van der Waals surface area contributed by atoms with Crippen LogP contribution in [0.1, 0.15) is 28.5 Å². The maximum atomic E-state index is 13.3. The van der Waals surface area contributed by atoms with E-state index >= 15 is 0 Å². The molecule has 0 radical (unpaired) electrons. The lowest BCUT2D eigenvalue weighted by Gasteiger charge is -2.14. The van der Waals surface area contributed by atoms with Crippen molar-refractivity contribution < 1.29 is 22.7 Å². The highest BCUT2D eigenvalue weighted by Gasteiger charge is 2.41. The minimum Gasteiger partial charge on any atom is -0.462 e. The van der Waals surface area contributed by atoms with Gasteiger partial charge in [0.25, 0.3) is 0 Å².